The van der Waals surface area contributed by atoms with Crippen LogP contribution in [-0.2, 0) is 22.6 Å². The Kier molecular flexibility index (Phi) is 7.94. The minimum Gasteiger partial charge on any atom is -0.326 e. The van der Waals surface area contributed by atoms with Crippen LogP contribution in [0.3, 0.4) is 0 Å². The molecule has 0 bridgehead atoms. The van der Waals surface area contributed by atoms with E-state index >= 15 is 0 Å². The summed E-state index contributed by atoms with van der Waals surface area (Å²) in [6.07, 6.45) is 0.0996. The second-order valence-electron chi connectivity index (χ2n) is 7.97. The van der Waals surface area contributed by atoms with Gasteiger partial charge in [-0.2, -0.15) is 0 Å². The third-order valence-corrected chi connectivity index (χ3v) is 6.92. The summed E-state index contributed by atoms with van der Waals surface area (Å²) in [4.78, 5) is 29.5. The van der Waals surface area contributed by atoms with Crippen molar-refractivity contribution < 1.29 is 9.59 Å². The van der Waals surface area contributed by atoms with Gasteiger partial charge >= 0.3 is 0 Å². The first kappa shape index (κ1) is 24.6. The standard InChI is InChI=1S/C25H26N6O2S2/c1-4-31-21(13-22(32)26-19-11-7-17(3)8-12-19)29-30-25(31)35-15-23(33)28-24-27-20(14-34-24)18-9-5-16(2)6-10-18/h5-12,14H,4,13,15H2,1-3H3,(H,26,32)(H,27,28,33). The highest BCUT2D eigenvalue weighted by molar-refractivity contribution is 7.99. The first-order valence-corrected chi connectivity index (χ1v) is 13.0. The van der Waals surface area contributed by atoms with Gasteiger partial charge in [-0.25, -0.2) is 4.98 Å². The second kappa shape index (κ2) is 11.3. The summed E-state index contributed by atoms with van der Waals surface area (Å²) >= 11 is 2.67. The summed E-state index contributed by atoms with van der Waals surface area (Å²) < 4.78 is 1.85. The van der Waals surface area contributed by atoms with Gasteiger partial charge in [-0.15, -0.1) is 21.5 Å². The van der Waals surface area contributed by atoms with Crippen molar-refractivity contribution in [1.29, 1.82) is 0 Å². The molecule has 8 nitrogen and oxygen atoms in total. The number of thiazole rings is 1. The number of aromatic nitrogens is 4. The number of hydrogen-bond donors (Lipinski definition) is 2. The number of amides is 2. The number of aryl methyl sites for hydroxylation is 2. The van der Waals surface area contributed by atoms with Gasteiger partial charge in [-0.1, -0.05) is 59.3 Å². The van der Waals surface area contributed by atoms with E-state index in [0.717, 1.165) is 22.5 Å². The van der Waals surface area contributed by atoms with Crippen molar-refractivity contribution in [3.05, 3.63) is 70.9 Å². The highest BCUT2D eigenvalue weighted by Crippen LogP contribution is 2.25. The van der Waals surface area contributed by atoms with Crippen LogP contribution in [0.4, 0.5) is 10.8 Å². The quantitative estimate of drug-likeness (QED) is 0.312. The third kappa shape index (κ3) is 6.55. The highest BCUT2D eigenvalue weighted by Gasteiger charge is 2.17. The van der Waals surface area contributed by atoms with Crippen LogP contribution in [-0.4, -0.2) is 37.3 Å². The molecule has 0 fully saturated rings. The van der Waals surface area contributed by atoms with E-state index in [2.05, 4.69) is 25.8 Å². The number of carbonyl (C=O) groups excluding carboxylic acids is 2. The topological polar surface area (TPSA) is 102 Å². The van der Waals surface area contributed by atoms with Crippen molar-refractivity contribution in [1.82, 2.24) is 19.7 Å². The maximum absolute atomic E-state index is 12.5. The lowest BCUT2D eigenvalue weighted by molar-refractivity contribution is -0.116. The zero-order valence-corrected chi connectivity index (χ0v) is 21.4. The zero-order valence-electron chi connectivity index (χ0n) is 19.7. The van der Waals surface area contributed by atoms with Gasteiger partial charge in [0.05, 0.1) is 17.9 Å². The number of benzene rings is 2. The van der Waals surface area contributed by atoms with E-state index < -0.39 is 0 Å². The van der Waals surface area contributed by atoms with Gasteiger partial charge in [-0.3, -0.25) is 9.59 Å². The van der Waals surface area contributed by atoms with E-state index in [1.807, 2.05) is 79.2 Å². The smallest absolute Gasteiger partial charge is 0.236 e. The number of nitrogens with zero attached hydrogens (tertiary/aromatic N) is 4. The van der Waals surface area contributed by atoms with Gasteiger partial charge < -0.3 is 15.2 Å². The fourth-order valence-corrected chi connectivity index (χ4v) is 4.89. The molecule has 4 aromatic rings. The summed E-state index contributed by atoms with van der Waals surface area (Å²) in [6.45, 7) is 6.58. The van der Waals surface area contributed by atoms with Crippen molar-refractivity contribution in [2.45, 2.75) is 38.9 Å². The van der Waals surface area contributed by atoms with Crippen molar-refractivity contribution >= 4 is 45.7 Å². The summed E-state index contributed by atoms with van der Waals surface area (Å²) in [5.74, 6) is 0.373. The molecule has 0 radical (unpaired) electrons. The SMILES string of the molecule is CCn1c(CC(=O)Nc2ccc(C)cc2)nnc1SCC(=O)Nc1nc(-c2ccc(C)cc2)cs1. The van der Waals surface area contributed by atoms with E-state index in [-0.39, 0.29) is 24.0 Å². The first-order chi connectivity index (χ1) is 16.9. The minimum atomic E-state index is -0.177. The minimum absolute atomic E-state index is 0.0996. The Morgan fingerprint density at radius 2 is 1.63 bits per heavy atom. The molecule has 35 heavy (non-hydrogen) atoms. The molecule has 0 aliphatic heterocycles. The average molecular weight is 507 g/mol. The number of rotatable bonds is 9. The van der Waals surface area contributed by atoms with Crippen molar-refractivity contribution in [2.75, 3.05) is 16.4 Å². The first-order valence-electron chi connectivity index (χ1n) is 11.1. The van der Waals surface area contributed by atoms with E-state index in [1.165, 1.54) is 28.7 Å². The normalized spacial score (nSPS) is 10.8. The molecule has 2 heterocycles. The molecule has 0 saturated heterocycles. The highest BCUT2D eigenvalue weighted by atomic mass is 32.2. The fourth-order valence-electron chi connectivity index (χ4n) is 3.33. The molecule has 180 valence electrons. The molecule has 2 aromatic heterocycles. The lowest BCUT2D eigenvalue weighted by Crippen LogP contribution is -2.18. The van der Waals surface area contributed by atoms with E-state index in [1.54, 1.807) is 0 Å². The maximum Gasteiger partial charge on any atom is 0.236 e. The molecule has 4 rings (SSSR count). The Labute approximate surface area is 212 Å². The summed E-state index contributed by atoms with van der Waals surface area (Å²) in [5, 5.41) is 17.2. The van der Waals surface area contributed by atoms with Crippen LogP contribution in [0.1, 0.15) is 23.9 Å². The Morgan fingerprint density at radius 3 is 2.31 bits per heavy atom. The zero-order chi connectivity index (χ0) is 24.8. The van der Waals surface area contributed by atoms with Crippen molar-refractivity contribution in [3.8, 4) is 11.3 Å². The molecule has 2 N–H and O–H groups in total. The van der Waals surface area contributed by atoms with Crippen LogP contribution in [0.25, 0.3) is 11.3 Å². The fraction of sp³-hybridized carbons (Fsp3) is 0.240. The molecular formula is C25H26N6O2S2. The van der Waals surface area contributed by atoms with Crippen LogP contribution < -0.4 is 10.6 Å². The lowest BCUT2D eigenvalue weighted by atomic mass is 10.1. The van der Waals surface area contributed by atoms with E-state index in [9.17, 15) is 9.59 Å². The monoisotopic (exact) mass is 506 g/mol. The van der Waals surface area contributed by atoms with Crippen LogP contribution in [0.2, 0.25) is 0 Å². The summed E-state index contributed by atoms with van der Waals surface area (Å²) in [7, 11) is 0. The van der Waals surface area contributed by atoms with E-state index in [4.69, 9.17) is 0 Å². The number of thioether (sulfide) groups is 1. The Hall–Kier alpha value is -3.50. The maximum atomic E-state index is 12.5. The van der Waals surface area contributed by atoms with Gasteiger partial charge in [0.2, 0.25) is 11.8 Å². The van der Waals surface area contributed by atoms with Crippen LogP contribution in [0.15, 0.2) is 59.1 Å². The van der Waals surface area contributed by atoms with Crippen LogP contribution in [0.5, 0.6) is 0 Å². The third-order valence-electron chi connectivity index (χ3n) is 5.19. The number of carbonyl (C=O) groups is 2. The predicted octanol–water partition coefficient (Wildman–Crippen LogP) is 4.95. The molecular weight excluding hydrogens is 480 g/mol. The van der Waals surface area contributed by atoms with Gasteiger partial charge in [0.25, 0.3) is 0 Å². The van der Waals surface area contributed by atoms with Gasteiger partial charge in [0, 0.05) is 23.2 Å². The Morgan fingerprint density at radius 1 is 0.943 bits per heavy atom. The van der Waals surface area contributed by atoms with Gasteiger partial charge in [0.15, 0.2) is 10.3 Å². The predicted molar refractivity (Wildman–Crippen MR) is 141 cm³/mol. The van der Waals surface area contributed by atoms with Gasteiger partial charge in [-0.05, 0) is 32.9 Å². The molecule has 0 saturated carbocycles. The summed E-state index contributed by atoms with van der Waals surface area (Å²) in [5.41, 5.74) is 4.89. The van der Waals surface area contributed by atoms with Crippen molar-refractivity contribution in [2.24, 2.45) is 0 Å². The van der Waals surface area contributed by atoms with E-state index in [0.29, 0.717) is 22.7 Å². The average Bonchev–Trinajstić information content (AvgIpc) is 3.46. The molecule has 2 amide bonds. The Bertz CT molecular complexity index is 1310. The molecule has 0 aliphatic rings. The van der Waals surface area contributed by atoms with Gasteiger partial charge in [0.1, 0.15) is 5.82 Å². The molecule has 0 aliphatic carbocycles. The number of nitrogens with one attached hydrogen (secondary N) is 2. The number of hydrogen-bond acceptors (Lipinski definition) is 7. The molecule has 0 unspecified atom stereocenters. The van der Waals surface area contributed by atoms with Crippen LogP contribution in [0, 0.1) is 13.8 Å². The Balaban J connectivity index is 1.31. The second-order valence-corrected chi connectivity index (χ2v) is 9.78. The van der Waals surface area contributed by atoms with Crippen molar-refractivity contribution in [3.63, 3.8) is 0 Å². The van der Waals surface area contributed by atoms with Crippen LogP contribution >= 0.6 is 23.1 Å². The molecule has 10 heteroatoms. The summed E-state index contributed by atoms with van der Waals surface area (Å²) in [6, 6.07) is 15.7. The number of anilines is 2. The molecule has 0 atom stereocenters. The molecule has 0 spiro atoms. The largest absolute Gasteiger partial charge is 0.326 e. The molecule has 2 aromatic carbocycles. The lowest BCUT2D eigenvalue weighted by Gasteiger charge is -2.08.